The number of hydrazine groups is 1. The Morgan fingerprint density at radius 3 is 2.56 bits per heavy atom. The number of rotatable bonds is 8. The van der Waals surface area contributed by atoms with Gasteiger partial charge >= 0.3 is 0 Å². The van der Waals surface area contributed by atoms with Crippen LogP contribution in [0, 0.1) is 0 Å². The highest BCUT2D eigenvalue weighted by Gasteiger charge is 2.07. The summed E-state index contributed by atoms with van der Waals surface area (Å²) in [5.74, 6) is 0.244. The first kappa shape index (κ1) is 20.4. The van der Waals surface area contributed by atoms with Crippen molar-refractivity contribution in [3.05, 3.63) is 72.4 Å². The second-order valence-corrected chi connectivity index (χ2v) is 5.63. The lowest BCUT2D eigenvalue weighted by atomic mass is 10.1. The number of nitrogens with one attached hydrogen (secondary N) is 2. The Bertz CT molecular complexity index is 898. The smallest absolute Gasteiger partial charge is 0.271 e. The van der Waals surface area contributed by atoms with Gasteiger partial charge in [-0.05, 0) is 12.1 Å². The molecule has 0 aliphatic heterocycles. The molecule has 0 saturated heterocycles. The number of ether oxygens (including phenoxy) is 1. The van der Waals surface area contributed by atoms with Gasteiger partial charge in [0.1, 0.15) is 11.3 Å². The molecule has 0 fully saturated rings. The minimum absolute atomic E-state index is 0. The number of amides is 1. The SMILES string of the molecule is Cl.O=C(COc1cccc2cccnc12)NNCCC(=O)c1ccccc1. The Labute approximate surface area is 163 Å². The molecule has 1 heterocycles. The van der Waals surface area contributed by atoms with Crippen LogP contribution < -0.4 is 15.6 Å². The van der Waals surface area contributed by atoms with Crippen LogP contribution in [-0.4, -0.2) is 29.8 Å². The Balaban J connectivity index is 0.00000261. The van der Waals surface area contributed by atoms with Gasteiger partial charge in [-0.2, -0.15) is 0 Å². The van der Waals surface area contributed by atoms with Crippen LogP contribution in [0.3, 0.4) is 0 Å². The van der Waals surface area contributed by atoms with Gasteiger partial charge in [0, 0.05) is 30.1 Å². The van der Waals surface area contributed by atoms with Crippen molar-refractivity contribution >= 4 is 35.0 Å². The molecule has 3 aromatic rings. The molecule has 0 aliphatic carbocycles. The lowest BCUT2D eigenvalue weighted by Gasteiger charge is -2.10. The third kappa shape index (κ3) is 5.77. The minimum atomic E-state index is -0.329. The summed E-state index contributed by atoms with van der Waals surface area (Å²) >= 11 is 0. The molecule has 0 radical (unpaired) electrons. The van der Waals surface area contributed by atoms with E-state index in [2.05, 4.69) is 15.8 Å². The number of hydrogen-bond acceptors (Lipinski definition) is 5. The molecule has 27 heavy (non-hydrogen) atoms. The fourth-order valence-corrected chi connectivity index (χ4v) is 2.48. The summed E-state index contributed by atoms with van der Waals surface area (Å²) < 4.78 is 5.55. The number of hydrogen-bond donors (Lipinski definition) is 2. The first-order chi connectivity index (χ1) is 12.7. The van der Waals surface area contributed by atoms with Gasteiger partial charge in [0.05, 0.1) is 0 Å². The zero-order chi connectivity index (χ0) is 18.2. The van der Waals surface area contributed by atoms with Crippen molar-refractivity contribution < 1.29 is 14.3 Å². The number of para-hydroxylation sites is 1. The zero-order valence-electron chi connectivity index (χ0n) is 14.6. The fourth-order valence-electron chi connectivity index (χ4n) is 2.48. The highest BCUT2D eigenvalue weighted by Crippen LogP contribution is 2.22. The normalized spacial score (nSPS) is 10.1. The van der Waals surface area contributed by atoms with Crippen molar-refractivity contribution in [2.45, 2.75) is 6.42 Å². The monoisotopic (exact) mass is 385 g/mol. The number of pyridine rings is 1. The lowest BCUT2D eigenvalue weighted by Crippen LogP contribution is -2.41. The van der Waals surface area contributed by atoms with Gasteiger partial charge in [-0.25, -0.2) is 5.43 Å². The van der Waals surface area contributed by atoms with E-state index in [0.717, 1.165) is 5.39 Å². The number of fused-ring (bicyclic) bond motifs is 1. The number of halogens is 1. The van der Waals surface area contributed by atoms with Crippen LogP contribution in [0.2, 0.25) is 0 Å². The van der Waals surface area contributed by atoms with Crippen LogP contribution in [0.15, 0.2) is 66.9 Å². The molecule has 7 heteroatoms. The maximum atomic E-state index is 11.9. The van der Waals surface area contributed by atoms with Gasteiger partial charge < -0.3 is 4.74 Å². The van der Waals surface area contributed by atoms with Crippen molar-refractivity contribution in [3.8, 4) is 5.75 Å². The van der Waals surface area contributed by atoms with Crippen LogP contribution in [0.25, 0.3) is 10.9 Å². The van der Waals surface area contributed by atoms with E-state index in [1.54, 1.807) is 24.4 Å². The van der Waals surface area contributed by atoms with Crippen molar-refractivity contribution in [1.29, 1.82) is 0 Å². The predicted molar refractivity (Wildman–Crippen MR) is 106 cm³/mol. The number of Topliss-reactive ketones (excluding diaryl/α,β-unsaturated/α-hetero) is 1. The molecule has 0 saturated carbocycles. The molecule has 2 N–H and O–H groups in total. The zero-order valence-corrected chi connectivity index (χ0v) is 15.4. The molecule has 1 amide bonds. The summed E-state index contributed by atoms with van der Waals surface area (Å²) in [4.78, 5) is 28.1. The molecular weight excluding hydrogens is 366 g/mol. The van der Waals surface area contributed by atoms with E-state index < -0.39 is 0 Å². The molecule has 0 aliphatic rings. The topological polar surface area (TPSA) is 80.3 Å². The molecule has 3 rings (SSSR count). The summed E-state index contributed by atoms with van der Waals surface area (Å²) in [6.45, 7) is 0.199. The number of aromatic nitrogens is 1. The average molecular weight is 386 g/mol. The molecule has 0 spiro atoms. The largest absolute Gasteiger partial charge is 0.481 e. The van der Waals surface area contributed by atoms with Crippen molar-refractivity contribution in [1.82, 2.24) is 15.8 Å². The minimum Gasteiger partial charge on any atom is -0.481 e. The van der Waals surface area contributed by atoms with E-state index in [4.69, 9.17) is 4.74 Å². The molecule has 6 nitrogen and oxygen atoms in total. The van der Waals surface area contributed by atoms with E-state index in [1.807, 2.05) is 42.5 Å². The third-order valence-corrected chi connectivity index (χ3v) is 3.76. The highest BCUT2D eigenvalue weighted by atomic mass is 35.5. The van der Waals surface area contributed by atoms with E-state index in [1.165, 1.54) is 0 Å². The summed E-state index contributed by atoms with van der Waals surface area (Å²) in [6, 6.07) is 18.4. The molecule has 0 unspecified atom stereocenters. The standard InChI is InChI=1S/C20H19N3O3.ClH/c24-17(15-6-2-1-3-7-15)11-13-22-23-19(25)14-26-18-10-4-8-16-9-5-12-21-20(16)18;/h1-10,12,22H,11,13-14H2,(H,23,25);1H. The first-order valence-electron chi connectivity index (χ1n) is 8.30. The Morgan fingerprint density at radius 1 is 0.963 bits per heavy atom. The molecule has 2 aromatic carbocycles. The van der Waals surface area contributed by atoms with E-state index in [-0.39, 0.29) is 30.7 Å². The third-order valence-electron chi connectivity index (χ3n) is 3.76. The first-order valence-corrected chi connectivity index (χ1v) is 8.30. The highest BCUT2D eigenvalue weighted by molar-refractivity contribution is 5.96. The van der Waals surface area contributed by atoms with Crippen LogP contribution in [0.5, 0.6) is 5.75 Å². The van der Waals surface area contributed by atoms with Crippen molar-refractivity contribution in [2.75, 3.05) is 13.2 Å². The second kappa shape index (κ2) is 10.3. The lowest BCUT2D eigenvalue weighted by molar-refractivity contribution is -0.124. The molecule has 0 atom stereocenters. The summed E-state index contributed by atoms with van der Waals surface area (Å²) in [5.41, 5.74) is 6.64. The van der Waals surface area contributed by atoms with Gasteiger partial charge in [0.25, 0.3) is 5.91 Å². The second-order valence-electron chi connectivity index (χ2n) is 5.63. The predicted octanol–water partition coefficient (Wildman–Crippen LogP) is 2.93. The maximum Gasteiger partial charge on any atom is 0.271 e. The van der Waals surface area contributed by atoms with E-state index in [0.29, 0.717) is 29.8 Å². The number of carbonyl (C=O) groups is 2. The van der Waals surface area contributed by atoms with Crippen LogP contribution in [-0.2, 0) is 4.79 Å². The average Bonchev–Trinajstić information content (AvgIpc) is 2.70. The Hall–Kier alpha value is -2.96. The van der Waals surface area contributed by atoms with E-state index >= 15 is 0 Å². The molecular formula is C20H20ClN3O3. The number of nitrogens with zero attached hydrogens (tertiary/aromatic N) is 1. The Kier molecular flexibility index (Phi) is 7.73. The molecule has 1 aromatic heterocycles. The molecule has 0 bridgehead atoms. The van der Waals surface area contributed by atoms with E-state index in [9.17, 15) is 9.59 Å². The van der Waals surface area contributed by atoms with Crippen LogP contribution >= 0.6 is 12.4 Å². The van der Waals surface area contributed by atoms with Gasteiger partial charge in [0.15, 0.2) is 12.4 Å². The van der Waals surface area contributed by atoms with Crippen LogP contribution in [0.4, 0.5) is 0 Å². The van der Waals surface area contributed by atoms with Gasteiger partial charge in [-0.1, -0.05) is 48.5 Å². The van der Waals surface area contributed by atoms with Gasteiger partial charge in [0.2, 0.25) is 0 Å². The quantitative estimate of drug-likeness (QED) is 0.354. The summed E-state index contributed by atoms with van der Waals surface area (Å²) in [5, 5.41) is 0.947. The number of benzene rings is 2. The maximum absolute atomic E-state index is 11.9. The van der Waals surface area contributed by atoms with Gasteiger partial charge in [-0.3, -0.25) is 20.0 Å². The number of ketones is 1. The fraction of sp³-hybridized carbons (Fsp3) is 0.150. The van der Waals surface area contributed by atoms with Crippen molar-refractivity contribution in [2.24, 2.45) is 0 Å². The molecule has 140 valence electrons. The number of carbonyl (C=O) groups excluding carboxylic acids is 2. The van der Waals surface area contributed by atoms with Gasteiger partial charge in [-0.15, -0.1) is 12.4 Å². The summed E-state index contributed by atoms with van der Waals surface area (Å²) in [7, 11) is 0. The Morgan fingerprint density at radius 2 is 1.74 bits per heavy atom. The van der Waals surface area contributed by atoms with Crippen molar-refractivity contribution in [3.63, 3.8) is 0 Å². The summed E-state index contributed by atoms with van der Waals surface area (Å²) in [6.07, 6.45) is 1.97. The van der Waals surface area contributed by atoms with Crippen LogP contribution in [0.1, 0.15) is 16.8 Å².